The molecule has 0 bridgehead atoms. The van der Waals surface area contributed by atoms with Gasteiger partial charge in [0, 0.05) is 18.7 Å². The Morgan fingerprint density at radius 3 is 2.31 bits per heavy atom. The van der Waals surface area contributed by atoms with Gasteiger partial charge in [0.2, 0.25) is 11.8 Å². The maximum atomic E-state index is 13.0. The molecule has 0 unspecified atom stereocenters. The second-order valence-electron chi connectivity index (χ2n) is 8.28. The molecule has 1 aromatic carbocycles. The third-order valence-corrected chi connectivity index (χ3v) is 6.30. The number of hydrogen-bond acceptors (Lipinski definition) is 3. The van der Waals surface area contributed by atoms with Crippen molar-refractivity contribution >= 4 is 35.0 Å². The van der Waals surface area contributed by atoms with Crippen molar-refractivity contribution in [3.8, 4) is 0 Å². The van der Waals surface area contributed by atoms with E-state index in [-0.39, 0.29) is 23.8 Å². The zero-order chi connectivity index (χ0) is 20.9. The maximum absolute atomic E-state index is 13.0. The van der Waals surface area contributed by atoms with Crippen molar-refractivity contribution in [3.63, 3.8) is 0 Å². The van der Waals surface area contributed by atoms with Crippen LogP contribution in [0, 0.1) is 0 Å². The van der Waals surface area contributed by atoms with Gasteiger partial charge in [0.25, 0.3) is 5.91 Å². The van der Waals surface area contributed by atoms with Crippen molar-refractivity contribution in [3.05, 3.63) is 28.8 Å². The van der Waals surface area contributed by atoms with Gasteiger partial charge in [0.1, 0.15) is 5.54 Å². The first-order valence-corrected chi connectivity index (χ1v) is 11.0. The highest BCUT2D eigenvalue weighted by Gasteiger charge is 2.40. The lowest BCUT2D eigenvalue weighted by molar-refractivity contribution is -0.130. The lowest BCUT2D eigenvalue weighted by Crippen LogP contribution is -2.57. The Morgan fingerprint density at radius 1 is 1.00 bits per heavy atom. The Balaban J connectivity index is 1.73. The SMILES string of the molecule is CC(=O)NC1(C(=O)Nc2ccc(Cl)c(C(=O)NC3CCCCC3)c2)CCCCC1. The number of benzene rings is 1. The molecule has 3 N–H and O–H groups in total. The van der Waals surface area contributed by atoms with Crippen LogP contribution < -0.4 is 16.0 Å². The van der Waals surface area contributed by atoms with E-state index in [2.05, 4.69) is 16.0 Å². The minimum atomic E-state index is -0.895. The summed E-state index contributed by atoms with van der Waals surface area (Å²) in [6.07, 6.45) is 9.50. The fourth-order valence-electron chi connectivity index (χ4n) is 4.44. The molecule has 0 spiro atoms. The topological polar surface area (TPSA) is 87.3 Å². The first-order valence-electron chi connectivity index (χ1n) is 10.6. The van der Waals surface area contributed by atoms with Crippen LogP contribution in [0.1, 0.15) is 81.5 Å². The summed E-state index contributed by atoms with van der Waals surface area (Å²) >= 11 is 6.26. The second kappa shape index (κ2) is 9.61. The fraction of sp³-hybridized carbons (Fsp3) is 0.591. The number of amides is 3. The summed E-state index contributed by atoms with van der Waals surface area (Å²) in [4.78, 5) is 37.5. The number of hydrogen-bond donors (Lipinski definition) is 3. The molecule has 0 aromatic heterocycles. The molecular weight excluding hydrogens is 390 g/mol. The molecule has 2 fully saturated rings. The highest BCUT2D eigenvalue weighted by atomic mass is 35.5. The smallest absolute Gasteiger partial charge is 0.253 e. The molecule has 0 radical (unpaired) electrons. The zero-order valence-electron chi connectivity index (χ0n) is 17.0. The first kappa shape index (κ1) is 21.6. The number of rotatable bonds is 5. The molecule has 0 saturated heterocycles. The van der Waals surface area contributed by atoms with Crippen LogP contribution >= 0.6 is 11.6 Å². The first-order chi connectivity index (χ1) is 13.9. The molecule has 0 heterocycles. The summed E-state index contributed by atoms with van der Waals surface area (Å²) < 4.78 is 0. The Morgan fingerprint density at radius 2 is 1.66 bits per heavy atom. The second-order valence-corrected chi connectivity index (χ2v) is 8.69. The number of carbonyl (C=O) groups is 3. The molecular formula is C22H30ClN3O3. The highest BCUT2D eigenvalue weighted by molar-refractivity contribution is 6.34. The van der Waals surface area contributed by atoms with E-state index in [1.54, 1.807) is 18.2 Å². The van der Waals surface area contributed by atoms with Crippen molar-refractivity contribution < 1.29 is 14.4 Å². The quantitative estimate of drug-likeness (QED) is 0.669. The van der Waals surface area contributed by atoms with Gasteiger partial charge in [-0.15, -0.1) is 0 Å². The van der Waals surface area contributed by atoms with Crippen molar-refractivity contribution in [2.45, 2.75) is 82.7 Å². The molecule has 6 nitrogen and oxygen atoms in total. The van der Waals surface area contributed by atoms with E-state index in [9.17, 15) is 14.4 Å². The van der Waals surface area contributed by atoms with E-state index in [1.807, 2.05) is 0 Å². The van der Waals surface area contributed by atoms with E-state index < -0.39 is 5.54 Å². The summed E-state index contributed by atoms with van der Waals surface area (Å²) in [5, 5.41) is 9.17. The minimum Gasteiger partial charge on any atom is -0.349 e. The number of nitrogens with one attached hydrogen (secondary N) is 3. The lowest BCUT2D eigenvalue weighted by atomic mass is 9.80. The van der Waals surface area contributed by atoms with E-state index in [0.29, 0.717) is 29.1 Å². The molecule has 29 heavy (non-hydrogen) atoms. The lowest BCUT2D eigenvalue weighted by Gasteiger charge is -2.36. The van der Waals surface area contributed by atoms with E-state index in [0.717, 1.165) is 44.9 Å². The van der Waals surface area contributed by atoms with Gasteiger partial charge in [-0.25, -0.2) is 0 Å². The van der Waals surface area contributed by atoms with Crippen LogP contribution in [-0.2, 0) is 9.59 Å². The van der Waals surface area contributed by atoms with Gasteiger partial charge in [-0.05, 0) is 43.9 Å². The fourth-order valence-corrected chi connectivity index (χ4v) is 4.64. The normalized spacial score (nSPS) is 19.2. The Labute approximate surface area is 177 Å². The molecule has 0 aliphatic heterocycles. The molecule has 158 valence electrons. The molecule has 3 rings (SSSR count). The predicted molar refractivity (Wildman–Crippen MR) is 114 cm³/mol. The molecule has 1 aromatic rings. The monoisotopic (exact) mass is 419 g/mol. The van der Waals surface area contributed by atoms with E-state index >= 15 is 0 Å². The Hall–Kier alpha value is -2.08. The van der Waals surface area contributed by atoms with E-state index in [4.69, 9.17) is 11.6 Å². The van der Waals surface area contributed by atoms with Crippen LogP contribution in [0.3, 0.4) is 0 Å². The average Bonchev–Trinajstić information content (AvgIpc) is 2.70. The van der Waals surface area contributed by atoms with Crippen LogP contribution in [0.15, 0.2) is 18.2 Å². The third-order valence-electron chi connectivity index (χ3n) is 5.97. The van der Waals surface area contributed by atoms with Crippen LogP contribution in [0.2, 0.25) is 5.02 Å². The molecule has 2 aliphatic carbocycles. The predicted octanol–water partition coefficient (Wildman–Crippen LogP) is 4.18. The van der Waals surface area contributed by atoms with Gasteiger partial charge in [-0.1, -0.05) is 50.1 Å². The standard InChI is InChI=1S/C22H30ClN3O3/c1-15(27)26-22(12-6-3-7-13-22)21(29)25-17-10-11-19(23)18(14-17)20(28)24-16-8-4-2-5-9-16/h10-11,14,16H,2-9,12-13H2,1H3,(H,24,28)(H,25,29)(H,26,27). The zero-order valence-corrected chi connectivity index (χ0v) is 17.7. The van der Waals surface area contributed by atoms with Crippen molar-refractivity contribution in [1.82, 2.24) is 10.6 Å². The van der Waals surface area contributed by atoms with Gasteiger partial charge in [0.15, 0.2) is 0 Å². The van der Waals surface area contributed by atoms with E-state index in [1.165, 1.54) is 13.3 Å². The van der Waals surface area contributed by atoms with Crippen molar-refractivity contribution in [2.75, 3.05) is 5.32 Å². The number of carbonyl (C=O) groups excluding carboxylic acids is 3. The summed E-state index contributed by atoms with van der Waals surface area (Å²) in [6.45, 7) is 1.43. The molecule has 2 aliphatic rings. The molecule has 7 heteroatoms. The average molecular weight is 420 g/mol. The van der Waals surface area contributed by atoms with Crippen LogP contribution in [0.25, 0.3) is 0 Å². The highest BCUT2D eigenvalue weighted by Crippen LogP contribution is 2.30. The molecule has 2 saturated carbocycles. The largest absolute Gasteiger partial charge is 0.349 e. The summed E-state index contributed by atoms with van der Waals surface area (Å²) in [6, 6.07) is 5.10. The Bertz CT molecular complexity index is 769. The Kier molecular flexibility index (Phi) is 7.17. The molecule has 3 amide bonds. The van der Waals surface area contributed by atoms with Gasteiger partial charge in [0.05, 0.1) is 10.6 Å². The summed E-state index contributed by atoms with van der Waals surface area (Å²) in [5.41, 5.74) is -0.0374. The summed E-state index contributed by atoms with van der Waals surface area (Å²) in [7, 11) is 0. The summed E-state index contributed by atoms with van der Waals surface area (Å²) in [5.74, 6) is -0.675. The van der Waals surface area contributed by atoms with Gasteiger partial charge >= 0.3 is 0 Å². The maximum Gasteiger partial charge on any atom is 0.253 e. The van der Waals surface area contributed by atoms with Gasteiger partial charge in [-0.3, -0.25) is 14.4 Å². The van der Waals surface area contributed by atoms with Crippen LogP contribution in [0.4, 0.5) is 5.69 Å². The van der Waals surface area contributed by atoms with Gasteiger partial charge < -0.3 is 16.0 Å². The number of anilines is 1. The van der Waals surface area contributed by atoms with Crippen molar-refractivity contribution in [1.29, 1.82) is 0 Å². The minimum absolute atomic E-state index is 0.177. The van der Waals surface area contributed by atoms with Crippen molar-refractivity contribution in [2.24, 2.45) is 0 Å². The molecule has 0 atom stereocenters. The van der Waals surface area contributed by atoms with Crippen LogP contribution in [0.5, 0.6) is 0 Å². The van der Waals surface area contributed by atoms with Crippen LogP contribution in [-0.4, -0.2) is 29.3 Å². The number of halogens is 1. The van der Waals surface area contributed by atoms with Gasteiger partial charge in [-0.2, -0.15) is 0 Å². The third kappa shape index (κ3) is 5.50.